The summed E-state index contributed by atoms with van der Waals surface area (Å²) in [6.07, 6.45) is 0. The third-order valence-corrected chi connectivity index (χ3v) is 5.97. The average molecular weight is 338 g/mol. The third kappa shape index (κ3) is 2.57. The molecular formula is C17H26N2O3S. The molecule has 1 aromatic rings. The lowest BCUT2D eigenvalue weighted by Gasteiger charge is -2.26. The standard InChI is InChI=1S/C17H26N2O3S/c1-14(2,3)22-13(21)17(15(4,5)16(17,6)7)12(20)18-8-11-9-23-10-19-11/h9-10H,8H2,1-7H3,(H,18,20). The van der Waals surface area contributed by atoms with Crippen molar-refractivity contribution in [3.63, 3.8) is 0 Å². The molecule has 0 aromatic carbocycles. The molecular weight excluding hydrogens is 312 g/mol. The van der Waals surface area contributed by atoms with Gasteiger partial charge in [-0.05, 0) is 31.6 Å². The highest BCUT2D eigenvalue weighted by molar-refractivity contribution is 7.07. The number of hydrogen-bond acceptors (Lipinski definition) is 5. The van der Waals surface area contributed by atoms with E-state index in [1.54, 1.807) is 5.51 Å². The van der Waals surface area contributed by atoms with E-state index in [9.17, 15) is 9.59 Å². The first-order valence-electron chi connectivity index (χ1n) is 7.77. The van der Waals surface area contributed by atoms with Crippen molar-refractivity contribution in [2.24, 2.45) is 16.2 Å². The van der Waals surface area contributed by atoms with Gasteiger partial charge in [-0.2, -0.15) is 0 Å². The van der Waals surface area contributed by atoms with Crippen LogP contribution >= 0.6 is 11.3 Å². The van der Waals surface area contributed by atoms with Crippen LogP contribution in [0, 0.1) is 16.2 Å². The number of nitrogens with one attached hydrogen (secondary N) is 1. The van der Waals surface area contributed by atoms with Gasteiger partial charge in [0.2, 0.25) is 5.91 Å². The Kier molecular flexibility index (Phi) is 4.13. The van der Waals surface area contributed by atoms with Crippen LogP contribution < -0.4 is 5.32 Å². The predicted molar refractivity (Wildman–Crippen MR) is 89.8 cm³/mol. The number of nitrogens with zero attached hydrogens (tertiary/aromatic N) is 1. The van der Waals surface area contributed by atoms with Crippen LogP contribution in [0.3, 0.4) is 0 Å². The number of rotatable bonds is 4. The zero-order chi connectivity index (χ0) is 17.7. The Morgan fingerprint density at radius 2 is 1.78 bits per heavy atom. The quantitative estimate of drug-likeness (QED) is 0.676. The van der Waals surface area contributed by atoms with Gasteiger partial charge in [0.05, 0.1) is 17.7 Å². The largest absolute Gasteiger partial charge is 0.459 e. The van der Waals surface area contributed by atoms with Crippen molar-refractivity contribution in [1.29, 1.82) is 0 Å². The highest BCUT2D eigenvalue weighted by Crippen LogP contribution is 2.78. The topological polar surface area (TPSA) is 68.3 Å². The zero-order valence-electron chi connectivity index (χ0n) is 14.9. The summed E-state index contributed by atoms with van der Waals surface area (Å²) < 4.78 is 5.58. The van der Waals surface area contributed by atoms with Crippen LogP contribution in [0.1, 0.15) is 54.2 Å². The fraction of sp³-hybridized carbons (Fsp3) is 0.706. The first-order valence-corrected chi connectivity index (χ1v) is 8.71. The van der Waals surface area contributed by atoms with E-state index < -0.39 is 27.8 Å². The Bertz CT molecular complexity index is 598. The lowest BCUT2D eigenvalue weighted by atomic mass is 9.93. The minimum absolute atomic E-state index is 0.283. The fourth-order valence-corrected chi connectivity index (χ4v) is 4.02. The molecule has 6 heteroatoms. The molecule has 0 bridgehead atoms. The number of amides is 1. The maximum Gasteiger partial charge on any atom is 0.323 e. The minimum atomic E-state index is -1.18. The number of ether oxygens (including phenoxy) is 1. The first kappa shape index (κ1) is 17.9. The van der Waals surface area contributed by atoms with Crippen LogP contribution in [0.4, 0.5) is 0 Å². The fourth-order valence-electron chi connectivity index (χ4n) is 3.47. The molecule has 1 saturated carbocycles. The summed E-state index contributed by atoms with van der Waals surface area (Å²) in [5.74, 6) is -0.731. The lowest BCUT2D eigenvalue weighted by molar-refractivity contribution is -0.167. The van der Waals surface area contributed by atoms with Crippen molar-refractivity contribution >= 4 is 23.2 Å². The monoisotopic (exact) mass is 338 g/mol. The van der Waals surface area contributed by atoms with Crippen LogP contribution in [0.5, 0.6) is 0 Å². The number of hydrogen-bond donors (Lipinski definition) is 1. The van der Waals surface area contributed by atoms with Crippen molar-refractivity contribution in [2.45, 2.75) is 60.6 Å². The maximum atomic E-state index is 12.9. The number of thiazole rings is 1. The molecule has 1 N–H and O–H groups in total. The van der Waals surface area contributed by atoms with Gasteiger partial charge in [-0.1, -0.05) is 27.7 Å². The molecule has 1 heterocycles. The molecule has 2 rings (SSSR count). The highest BCUT2D eigenvalue weighted by atomic mass is 32.1. The lowest BCUT2D eigenvalue weighted by Crippen LogP contribution is -2.44. The van der Waals surface area contributed by atoms with Gasteiger partial charge >= 0.3 is 5.97 Å². The molecule has 0 unspecified atom stereocenters. The first-order chi connectivity index (χ1) is 10.4. The van der Waals surface area contributed by atoms with E-state index in [1.165, 1.54) is 11.3 Å². The number of carbonyl (C=O) groups excluding carboxylic acids is 2. The Labute approximate surface area is 141 Å². The van der Waals surface area contributed by atoms with Crippen LogP contribution in [0.2, 0.25) is 0 Å². The van der Waals surface area contributed by atoms with E-state index in [4.69, 9.17) is 4.74 Å². The van der Waals surface area contributed by atoms with Crippen molar-refractivity contribution in [2.75, 3.05) is 0 Å². The second-order valence-corrected chi connectivity index (χ2v) is 8.88. The Morgan fingerprint density at radius 1 is 1.22 bits per heavy atom. The Balaban J connectivity index is 2.26. The van der Waals surface area contributed by atoms with Gasteiger partial charge in [0.1, 0.15) is 5.60 Å². The van der Waals surface area contributed by atoms with Crippen LogP contribution in [0.15, 0.2) is 10.9 Å². The molecule has 1 aliphatic carbocycles. The third-order valence-electron chi connectivity index (χ3n) is 5.33. The summed E-state index contributed by atoms with van der Waals surface area (Å²) in [7, 11) is 0. The molecule has 0 saturated heterocycles. The molecule has 0 radical (unpaired) electrons. The summed E-state index contributed by atoms with van der Waals surface area (Å²) in [4.78, 5) is 30.0. The molecule has 0 atom stereocenters. The molecule has 1 aromatic heterocycles. The number of carbonyl (C=O) groups is 2. The molecule has 1 amide bonds. The molecule has 1 fully saturated rings. The van der Waals surface area contributed by atoms with Gasteiger partial charge in [-0.3, -0.25) is 9.59 Å². The van der Waals surface area contributed by atoms with E-state index in [-0.39, 0.29) is 5.91 Å². The van der Waals surface area contributed by atoms with Gasteiger partial charge in [0.25, 0.3) is 0 Å². The second kappa shape index (κ2) is 5.30. The Hall–Kier alpha value is -1.43. The Morgan fingerprint density at radius 3 is 2.17 bits per heavy atom. The normalized spacial score (nSPS) is 20.7. The van der Waals surface area contributed by atoms with Crippen molar-refractivity contribution < 1.29 is 14.3 Å². The van der Waals surface area contributed by atoms with E-state index in [1.807, 2.05) is 53.8 Å². The van der Waals surface area contributed by atoms with Crippen molar-refractivity contribution in [3.05, 3.63) is 16.6 Å². The zero-order valence-corrected chi connectivity index (χ0v) is 15.8. The highest BCUT2D eigenvalue weighted by Gasteiger charge is 2.86. The van der Waals surface area contributed by atoms with E-state index in [0.29, 0.717) is 6.54 Å². The predicted octanol–water partition coefficient (Wildman–Crippen LogP) is 3.15. The maximum absolute atomic E-state index is 12.9. The smallest absolute Gasteiger partial charge is 0.323 e. The summed E-state index contributed by atoms with van der Waals surface area (Å²) in [6, 6.07) is 0. The van der Waals surface area contributed by atoms with Crippen molar-refractivity contribution in [1.82, 2.24) is 10.3 Å². The second-order valence-electron chi connectivity index (χ2n) is 8.16. The van der Waals surface area contributed by atoms with Crippen LogP contribution in [-0.4, -0.2) is 22.5 Å². The SMILES string of the molecule is CC(C)(C)OC(=O)C1(C(=O)NCc2cscn2)C(C)(C)C1(C)C. The van der Waals surface area contributed by atoms with E-state index in [2.05, 4.69) is 10.3 Å². The molecule has 0 spiro atoms. The van der Waals surface area contributed by atoms with Crippen LogP contribution in [0.25, 0.3) is 0 Å². The van der Waals surface area contributed by atoms with Gasteiger partial charge in [-0.25, -0.2) is 4.98 Å². The molecule has 1 aliphatic rings. The van der Waals surface area contributed by atoms with Crippen molar-refractivity contribution in [3.8, 4) is 0 Å². The number of esters is 1. The summed E-state index contributed by atoms with van der Waals surface area (Å²) in [5, 5.41) is 4.75. The summed E-state index contributed by atoms with van der Waals surface area (Å²) in [5.41, 5.74) is -0.255. The van der Waals surface area contributed by atoms with Crippen LogP contribution in [-0.2, 0) is 20.9 Å². The molecule has 128 valence electrons. The van der Waals surface area contributed by atoms with Gasteiger partial charge in [0.15, 0.2) is 5.41 Å². The van der Waals surface area contributed by atoms with E-state index >= 15 is 0 Å². The van der Waals surface area contributed by atoms with Gasteiger partial charge < -0.3 is 10.1 Å². The van der Waals surface area contributed by atoms with E-state index in [0.717, 1.165) is 5.69 Å². The molecule has 0 aliphatic heterocycles. The van der Waals surface area contributed by atoms with Gasteiger partial charge in [-0.15, -0.1) is 11.3 Å². The minimum Gasteiger partial charge on any atom is -0.459 e. The summed E-state index contributed by atoms with van der Waals surface area (Å²) >= 11 is 1.47. The molecule has 5 nitrogen and oxygen atoms in total. The average Bonchev–Trinajstić information content (AvgIpc) is 2.75. The number of aromatic nitrogens is 1. The van der Waals surface area contributed by atoms with Gasteiger partial charge in [0, 0.05) is 5.38 Å². The summed E-state index contributed by atoms with van der Waals surface area (Å²) in [6.45, 7) is 13.5. The molecule has 23 heavy (non-hydrogen) atoms.